The normalized spacial score (nSPS) is 11.6. The lowest BCUT2D eigenvalue weighted by Gasteiger charge is -2.10. The number of aryl methyl sites for hydroxylation is 1. The minimum atomic E-state index is -4.38. The predicted molar refractivity (Wildman–Crippen MR) is 68.1 cm³/mol. The Kier molecular flexibility index (Phi) is 3.87. The van der Waals surface area contributed by atoms with Crippen molar-refractivity contribution >= 4 is 5.82 Å². The molecule has 2 rings (SSSR count). The standard InChI is InChI=1S/C13H14F3N3O/c1-2-19-10(7-12(17)18-19)8-20-11-5-3-4-9(6-11)13(14,15)16/h3-7H,2,8H2,1H3,(H2,17,18). The molecule has 0 saturated carbocycles. The van der Waals surface area contributed by atoms with Gasteiger partial charge in [-0.05, 0) is 25.1 Å². The second-order valence-corrected chi connectivity index (χ2v) is 4.19. The van der Waals surface area contributed by atoms with E-state index in [1.807, 2.05) is 6.92 Å². The molecule has 0 atom stereocenters. The second-order valence-electron chi connectivity index (χ2n) is 4.19. The van der Waals surface area contributed by atoms with Crippen LogP contribution in [0.3, 0.4) is 0 Å². The van der Waals surface area contributed by atoms with Gasteiger partial charge >= 0.3 is 6.18 Å². The summed E-state index contributed by atoms with van der Waals surface area (Å²) >= 11 is 0. The number of anilines is 1. The first-order valence-electron chi connectivity index (χ1n) is 6.02. The summed E-state index contributed by atoms with van der Waals surface area (Å²) in [5.74, 6) is 0.511. The third kappa shape index (κ3) is 3.23. The largest absolute Gasteiger partial charge is 0.487 e. The molecule has 1 aromatic carbocycles. The molecule has 108 valence electrons. The van der Waals surface area contributed by atoms with E-state index in [0.29, 0.717) is 18.1 Å². The molecule has 4 nitrogen and oxygen atoms in total. The summed E-state index contributed by atoms with van der Waals surface area (Å²) in [7, 11) is 0. The maximum absolute atomic E-state index is 12.6. The van der Waals surface area contributed by atoms with Crippen molar-refractivity contribution in [3.8, 4) is 5.75 Å². The van der Waals surface area contributed by atoms with E-state index in [-0.39, 0.29) is 12.4 Å². The molecule has 0 unspecified atom stereocenters. The smallest absolute Gasteiger partial charge is 0.416 e. The van der Waals surface area contributed by atoms with Crippen molar-refractivity contribution in [2.24, 2.45) is 0 Å². The second kappa shape index (κ2) is 5.44. The Morgan fingerprint density at radius 1 is 1.30 bits per heavy atom. The van der Waals surface area contributed by atoms with Crippen LogP contribution >= 0.6 is 0 Å². The molecule has 1 heterocycles. The fourth-order valence-electron chi connectivity index (χ4n) is 1.79. The average molecular weight is 285 g/mol. The number of aromatic nitrogens is 2. The molecule has 0 aliphatic rings. The van der Waals surface area contributed by atoms with Gasteiger partial charge in [-0.1, -0.05) is 6.07 Å². The molecule has 2 N–H and O–H groups in total. The van der Waals surface area contributed by atoms with Crippen LogP contribution in [0.1, 0.15) is 18.2 Å². The Morgan fingerprint density at radius 2 is 2.05 bits per heavy atom. The number of hydrogen-bond acceptors (Lipinski definition) is 3. The lowest BCUT2D eigenvalue weighted by molar-refractivity contribution is -0.137. The lowest BCUT2D eigenvalue weighted by atomic mass is 10.2. The molecular formula is C13H14F3N3O. The SMILES string of the molecule is CCn1nc(N)cc1COc1cccc(C(F)(F)F)c1. The molecule has 0 fully saturated rings. The van der Waals surface area contributed by atoms with Gasteiger partial charge in [-0.2, -0.15) is 18.3 Å². The van der Waals surface area contributed by atoms with Crippen LogP contribution in [0.15, 0.2) is 30.3 Å². The summed E-state index contributed by atoms with van der Waals surface area (Å²) in [5.41, 5.74) is 5.54. The zero-order chi connectivity index (χ0) is 14.8. The highest BCUT2D eigenvalue weighted by Crippen LogP contribution is 2.31. The molecule has 1 aromatic heterocycles. The number of halogens is 3. The van der Waals surface area contributed by atoms with E-state index in [1.54, 1.807) is 10.7 Å². The molecule has 20 heavy (non-hydrogen) atoms. The van der Waals surface area contributed by atoms with Gasteiger partial charge in [0.1, 0.15) is 18.2 Å². The third-order valence-corrected chi connectivity index (χ3v) is 2.73. The van der Waals surface area contributed by atoms with Gasteiger partial charge in [0.15, 0.2) is 0 Å². The average Bonchev–Trinajstić information content (AvgIpc) is 2.76. The van der Waals surface area contributed by atoms with E-state index >= 15 is 0 Å². The van der Waals surface area contributed by atoms with Crippen molar-refractivity contribution in [2.75, 3.05) is 5.73 Å². The van der Waals surface area contributed by atoms with Crippen LogP contribution in [0.25, 0.3) is 0 Å². The van der Waals surface area contributed by atoms with Crippen molar-refractivity contribution in [3.63, 3.8) is 0 Å². The molecule has 0 amide bonds. The Bertz CT molecular complexity index is 593. The van der Waals surface area contributed by atoms with Gasteiger partial charge in [-0.25, -0.2) is 0 Å². The number of benzene rings is 1. The lowest BCUT2D eigenvalue weighted by Crippen LogP contribution is -2.07. The number of alkyl halides is 3. The number of ether oxygens (including phenoxy) is 1. The maximum atomic E-state index is 12.6. The van der Waals surface area contributed by atoms with Crippen LogP contribution in [0.4, 0.5) is 19.0 Å². The van der Waals surface area contributed by atoms with Gasteiger partial charge < -0.3 is 10.5 Å². The number of nitrogens with zero attached hydrogens (tertiary/aromatic N) is 2. The fraction of sp³-hybridized carbons (Fsp3) is 0.308. The van der Waals surface area contributed by atoms with Crippen LogP contribution in [0.5, 0.6) is 5.75 Å². The van der Waals surface area contributed by atoms with E-state index < -0.39 is 11.7 Å². The summed E-state index contributed by atoms with van der Waals surface area (Å²) in [6.07, 6.45) is -4.38. The maximum Gasteiger partial charge on any atom is 0.416 e. The van der Waals surface area contributed by atoms with Gasteiger partial charge in [0.25, 0.3) is 0 Å². The van der Waals surface area contributed by atoms with E-state index in [1.165, 1.54) is 12.1 Å². The zero-order valence-corrected chi connectivity index (χ0v) is 10.8. The highest BCUT2D eigenvalue weighted by molar-refractivity contribution is 5.32. The first-order chi connectivity index (χ1) is 9.40. The summed E-state index contributed by atoms with van der Waals surface area (Å²) in [6, 6.07) is 6.39. The van der Waals surface area contributed by atoms with Gasteiger partial charge in [0.05, 0.1) is 11.3 Å². The van der Waals surface area contributed by atoms with Crippen LogP contribution in [0.2, 0.25) is 0 Å². The molecule has 0 radical (unpaired) electrons. The monoisotopic (exact) mass is 285 g/mol. The van der Waals surface area contributed by atoms with Crippen molar-refractivity contribution < 1.29 is 17.9 Å². The molecule has 0 aliphatic carbocycles. The Balaban J connectivity index is 2.11. The van der Waals surface area contributed by atoms with Gasteiger partial charge in [-0.3, -0.25) is 4.68 Å². The zero-order valence-electron chi connectivity index (χ0n) is 10.8. The highest BCUT2D eigenvalue weighted by Gasteiger charge is 2.30. The van der Waals surface area contributed by atoms with Crippen LogP contribution < -0.4 is 10.5 Å². The molecule has 0 aliphatic heterocycles. The number of rotatable bonds is 4. The van der Waals surface area contributed by atoms with E-state index in [2.05, 4.69) is 5.10 Å². The minimum Gasteiger partial charge on any atom is -0.487 e. The molecule has 0 spiro atoms. The fourth-order valence-corrected chi connectivity index (χ4v) is 1.79. The van der Waals surface area contributed by atoms with Crippen molar-refractivity contribution in [1.29, 1.82) is 0 Å². The third-order valence-electron chi connectivity index (χ3n) is 2.73. The first kappa shape index (κ1) is 14.2. The van der Waals surface area contributed by atoms with Crippen LogP contribution in [-0.2, 0) is 19.3 Å². The minimum absolute atomic E-state index is 0.110. The summed E-state index contributed by atoms with van der Waals surface area (Å²) in [6.45, 7) is 2.61. The summed E-state index contributed by atoms with van der Waals surface area (Å²) < 4.78 is 44.7. The molecule has 0 saturated heterocycles. The van der Waals surface area contributed by atoms with E-state index in [4.69, 9.17) is 10.5 Å². The highest BCUT2D eigenvalue weighted by atomic mass is 19.4. The van der Waals surface area contributed by atoms with Crippen molar-refractivity contribution in [2.45, 2.75) is 26.3 Å². The van der Waals surface area contributed by atoms with Crippen LogP contribution in [-0.4, -0.2) is 9.78 Å². The quantitative estimate of drug-likeness (QED) is 0.939. The molecular weight excluding hydrogens is 271 g/mol. The number of nitrogens with two attached hydrogens (primary N) is 1. The van der Waals surface area contributed by atoms with Crippen molar-refractivity contribution in [1.82, 2.24) is 9.78 Å². The summed E-state index contributed by atoms with van der Waals surface area (Å²) in [4.78, 5) is 0. The number of nitrogen functional groups attached to an aromatic ring is 1. The molecule has 2 aromatic rings. The summed E-state index contributed by atoms with van der Waals surface area (Å²) in [5, 5.41) is 4.03. The van der Waals surface area contributed by atoms with Crippen molar-refractivity contribution in [3.05, 3.63) is 41.6 Å². The number of hydrogen-bond donors (Lipinski definition) is 1. The Hall–Kier alpha value is -2.18. The van der Waals surface area contributed by atoms with E-state index in [0.717, 1.165) is 12.1 Å². The Morgan fingerprint density at radius 3 is 2.70 bits per heavy atom. The van der Waals surface area contributed by atoms with Gasteiger partial charge in [-0.15, -0.1) is 0 Å². The Labute approximate surface area is 114 Å². The topological polar surface area (TPSA) is 53.1 Å². The molecule has 7 heteroatoms. The van der Waals surface area contributed by atoms with Gasteiger partial charge in [0.2, 0.25) is 0 Å². The van der Waals surface area contributed by atoms with Gasteiger partial charge in [0, 0.05) is 12.6 Å². The van der Waals surface area contributed by atoms with E-state index in [9.17, 15) is 13.2 Å². The van der Waals surface area contributed by atoms with Crippen LogP contribution in [0, 0.1) is 0 Å². The first-order valence-corrected chi connectivity index (χ1v) is 6.02. The predicted octanol–water partition coefficient (Wildman–Crippen LogP) is 3.08. The molecule has 0 bridgehead atoms.